The highest BCUT2D eigenvalue weighted by atomic mass is 32.2. The van der Waals surface area contributed by atoms with Crippen LogP contribution >= 0.6 is 11.8 Å². The van der Waals surface area contributed by atoms with Crippen LogP contribution in [0.25, 0.3) is 0 Å². The molecule has 1 aliphatic heterocycles. The van der Waals surface area contributed by atoms with Gasteiger partial charge in [-0.15, -0.1) is 0 Å². The van der Waals surface area contributed by atoms with Crippen LogP contribution in [0.3, 0.4) is 0 Å². The second kappa shape index (κ2) is 4.70. The zero-order valence-electron chi connectivity index (χ0n) is 8.25. The Morgan fingerprint density at radius 2 is 2.53 bits per heavy atom. The highest BCUT2D eigenvalue weighted by Gasteiger charge is 2.17. The van der Waals surface area contributed by atoms with Gasteiger partial charge in [0.2, 0.25) is 0 Å². The van der Waals surface area contributed by atoms with Crippen LogP contribution in [0.4, 0.5) is 4.39 Å². The van der Waals surface area contributed by atoms with Crippen molar-refractivity contribution < 1.29 is 9.18 Å². The van der Waals surface area contributed by atoms with Gasteiger partial charge in [0.15, 0.2) is 0 Å². The average molecular weight is 228 g/mol. The van der Waals surface area contributed by atoms with Gasteiger partial charge in [-0.2, -0.15) is 11.8 Å². The van der Waals surface area contributed by atoms with Gasteiger partial charge in [0, 0.05) is 24.1 Å². The summed E-state index contributed by atoms with van der Waals surface area (Å²) in [6, 6.07) is 1.44. The number of amides is 1. The Labute approximate surface area is 91.8 Å². The molecule has 0 saturated carbocycles. The lowest BCUT2D eigenvalue weighted by Crippen LogP contribution is -2.38. The molecule has 1 amide bonds. The summed E-state index contributed by atoms with van der Waals surface area (Å²) < 4.78 is 12.7. The summed E-state index contributed by atoms with van der Waals surface area (Å²) in [5.41, 5.74) is 0.295. The lowest BCUT2D eigenvalue weighted by atomic mass is 10.2. The van der Waals surface area contributed by atoms with Crippen molar-refractivity contribution in [3.8, 4) is 0 Å². The van der Waals surface area contributed by atoms with Crippen molar-refractivity contribution in [3.63, 3.8) is 0 Å². The number of nitrogens with one attached hydrogen (secondary N) is 2. The third-order valence-electron chi connectivity index (χ3n) is 2.39. The van der Waals surface area contributed by atoms with Crippen molar-refractivity contribution in [3.05, 3.63) is 23.8 Å². The molecule has 0 aromatic carbocycles. The monoisotopic (exact) mass is 228 g/mol. The van der Waals surface area contributed by atoms with Crippen LogP contribution < -0.4 is 5.32 Å². The first-order chi connectivity index (χ1) is 7.25. The number of thioether (sulfide) groups is 1. The van der Waals surface area contributed by atoms with E-state index in [2.05, 4.69) is 10.3 Å². The van der Waals surface area contributed by atoms with Crippen LogP contribution in [0.5, 0.6) is 0 Å². The number of halogens is 1. The highest BCUT2D eigenvalue weighted by molar-refractivity contribution is 7.99. The number of carbonyl (C=O) groups is 1. The number of aromatic amines is 1. The molecule has 82 valence electrons. The number of rotatable bonds is 2. The molecular formula is C10H13FN2OS. The van der Waals surface area contributed by atoms with E-state index in [1.54, 1.807) is 0 Å². The molecule has 15 heavy (non-hydrogen) atoms. The predicted octanol–water partition coefficient (Wildman–Crippen LogP) is 1.78. The Morgan fingerprint density at radius 1 is 1.67 bits per heavy atom. The van der Waals surface area contributed by atoms with E-state index in [1.165, 1.54) is 18.0 Å². The predicted molar refractivity (Wildman–Crippen MR) is 58.6 cm³/mol. The molecule has 2 N–H and O–H groups in total. The minimum Gasteiger partial charge on any atom is -0.355 e. The Kier molecular flexibility index (Phi) is 3.30. The topological polar surface area (TPSA) is 44.9 Å². The van der Waals surface area contributed by atoms with Gasteiger partial charge in [-0.1, -0.05) is 0 Å². The molecule has 0 radical (unpaired) electrons. The molecule has 5 heteroatoms. The molecule has 3 nitrogen and oxygen atoms in total. The second-order valence-electron chi connectivity index (χ2n) is 3.62. The van der Waals surface area contributed by atoms with Crippen molar-refractivity contribution in [2.45, 2.75) is 18.9 Å². The maximum absolute atomic E-state index is 12.7. The quantitative estimate of drug-likeness (QED) is 0.810. The number of aromatic nitrogens is 1. The van der Waals surface area contributed by atoms with Gasteiger partial charge < -0.3 is 10.3 Å². The number of hydrogen-bond donors (Lipinski definition) is 2. The van der Waals surface area contributed by atoms with Gasteiger partial charge in [-0.3, -0.25) is 4.79 Å². The highest BCUT2D eigenvalue weighted by Crippen LogP contribution is 2.17. The van der Waals surface area contributed by atoms with Crippen LogP contribution in [0.1, 0.15) is 23.3 Å². The van der Waals surface area contributed by atoms with Crippen molar-refractivity contribution in [1.82, 2.24) is 10.3 Å². The average Bonchev–Trinajstić information content (AvgIpc) is 2.66. The summed E-state index contributed by atoms with van der Waals surface area (Å²) >= 11 is 1.85. The van der Waals surface area contributed by atoms with Gasteiger partial charge in [0.05, 0.1) is 0 Å². The number of H-pyrrole nitrogens is 1. The van der Waals surface area contributed by atoms with E-state index in [-0.39, 0.29) is 11.9 Å². The van der Waals surface area contributed by atoms with E-state index in [0.29, 0.717) is 5.69 Å². The molecule has 0 aliphatic carbocycles. The van der Waals surface area contributed by atoms with E-state index in [1.807, 2.05) is 11.8 Å². The van der Waals surface area contributed by atoms with Gasteiger partial charge in [-0.05, 0) is 18.6 Å². The Bertz CT molecular complexity index is 347. The zero-order chi connectivity index (χ0) is 10.7. The summed E-state index contributed by atoms with van der Waals surface area (Å²) in [7, 11) is 0. The molecule has 1 fully saturated rings. The second-order valence-corrected chi connectivity index (χ2v) is 4.77. The Hall–Kier alpha value is -0.970. The van der Waals surface area contributed by atoms with Crippen LogP contribution in [0.2, 0.25) is 0 Å². The standard InChI is InChI=1S/C10H13FN2OS/c11-7-4-9(12-5-7)10(14)13-8-2-1-3-15-6-8/h4-5,8,12H,1-3,6H2,(H,13,14)/t8-/m1/s1. The Morgan fingerprint density at radius 3 is 3.13 bits per heavy atom. The van der Waals surface area contributed by atoms with Gasteiger partial charge in [0.25, 0.3) is 5.91 Å². The fourth-order valence-corrected chi connectivity index (χ4v) is 2.69. The van der Waals surface area contributed by atoms with E-state index in [0.717, 1.165) is 18.6 Å². The first kappa shape index (κ1) is 10.5. The molecule has 2 rings (SSSR count). The lowest BCUT2D eigenvalue weighted by molar-refractivity contribution is 0.0934. The first-order valence-electron chi connectivity index (χ1n) is 4.98. The maximum Gasteiger partial charge on any atom is 0.268 e. The normalized spacial score (nSPS) is 21.3. The third-order valence-corrected chi connectivity index (χ3v) is 3.60. The van der Waals surface area contributed by atoms with Crippen molar-refractivity contribution in [2.75, 3.05) is 11.5 Å². The molecule has 1 atom stereocenters. The molecule has 2 heterocycles. The van der Waals surface area contributed by atoms with Crippen LogP contribution in [-0.2, 0) is 0 Å². The van der Waals surface area contributed by atoms with E-state index in [4.69, 9.17) is 0 Å². The third kappa shape index (κ3) is 2.75. The fraction of sp³-hybridized carbons (Fsp3) is 0.500. The molecule has 0 spiro atoms. The number of carbonyl (C=O) groups excluding carboxylic acids is 1. The van der Waals surface area contributed by atoms with E-state index in [9.17, 15) is 9.18 Å². The summed E-state index contributed by atoms with van der Waals surface area (Å²) in [5, 5.41) is 2.89. The molecule has 1 aromatic rings. The van der Waals surface area contributed by atoms with E-state index < -0.39 is 5.82 Å². The zero-order valence-corrected chi connectivity index (χ0v) is 9.07. The van der Waals surface area contributed by atoms with Crippen LogP contribution in [-0.4, -0.2) is 28.4 Å². The first-order valence-corrected chi connectivity index (χ1v) is 6.14. The largest absolute Gasteiger partial charge is 0.355 e. The van der Waals surface area contributed by atoms with Crippen molar-refractivity contribution >= 4 is 17.7 Å². The molecule has 1 aromatic heterocycles. The molecule has 1 saturated heterocycles. The molecule has 1 aliphatic rings. The van der Waals surface area contributed by atoms with Gasteiger partial charge in [-0.25, -0.2) is 4.39 Å². The van der Waals surface area contributed by atoms with Crippen LogP contribution in [0.15, 0.2) is 12.3 Å². The number of hydrogen-bond acceptors (Lipinski definition) is 2. The van der Waals surface area contributed by atoms with Gasteiger partial charge >= 0.3 is 0 Å². The van der Waals surface area contributed by atoms with E-state index >= 15 is 0 Å². The summed E-state index contributed by atoms with van der Waals surface area (Å²) in [6.07, 6.45) is 3.33. The molecule has 0 bridgehead atoms. The van der Waals surface area contributed by atoms with Crippen molar-refractivity contribution in [1.29, 1.82) is 0 Å². The molecular weight excluding hydrogens is 215 g/mol. The minimum atomic E-state index is -0.404. The minimum absolute atomic E-state index is 0.216. The maximum atomic E-state index is 12.7. The summed E-state index contributed by atoms with van der Waals surface area (Å²) in [6.45, 7) is 0. The lowest BCUT2D eigenvalue weighted by Gasteiger charge is -2.22. The smallest absolute Gasteiger partial charge is 0.268 e. The fourth-order valence-electron chi connectivity index (χ4n) is 1.62. The van der Waals surface area contributed by atoms with Crippen LogP contribution in [0, 0.1) is 5.82 Å². The summed E-state index contributed by atoms with van der Waals surface area (Å²) in [5.74, 6) is 1.50. The summed E-state index contributed by atoms with van der Waals surface area (Å²) in [4.78, 5) is 14.2. The Balaban J connectivity index is 1.91. The molecule has 0 unspecified atom stereocenters. The van der Waals surface area contributed by atoms with Gasteiger partial charge in [0.1, 0.15) is 11.5 Å². The van der Waals surface area contributed by atoms with Crippen molar-refractivity contribution in [2.24, 2.45) is 0 Å². The SMILES string of the molecule is O=C(N[C@@H]1CCCSC1)c1cc(F)c[nH]1.